The Bertz CT molecular complexity index is 775. The van der Waals surface area contributed by atoms with Crippen LogP contribution in [0.3, 0.4) is 0 Å². The van der Waals surface area contributed by atoms with Crippen LogP contribution >= 0.6 is 0 Å². The predicted octanol–water partition coefficient (Wildman–Crippen LogP) is 2.87. The number of amides is 1. The molecule has 1 aliphatic heterocycles. The topological polar surface area (TPSA) is 56.2 Å². The van der Waals surface area contributed by atoms with Crippen LogP contribution in [0, 0.1) is 0 Å². The molecular weight excluding hydrogens is 314 g/mol. The molecule has 1 aliphatic carbocycles. The minimum atomic E-state index is -0.129. The van der Waals surface area contributed by atoms with Crippen LogP contribution in [0.2, 0.25) is 0 Å². The first-order chi connectivity index (χ1) is 12.2. The number of benzene rings is 1. The summed E-state index contributed by atoms with van der Waals surface area (Å²) in [6.45, 7) is 1.36. The molecule has 1 aromatic carbocycles. The zero-order chi connectivity index (χ0) is 17.2. The summed E-state index contributed by atoms with van der Waals surface area (Å²) in [5.41, 5.74) is 5.48. The maximum Gasteiger partial charge on any atom is 0.271 e. The number of hydrogen-bond acceptors (Lipinski definition) is 3. The molecule has 0 spiro atoms. The third-order valence-corrected chi connectivity index (χ3v) is 5.27. The van der Waals surface area contributed by atoms with Crippen LogP contribution in [0.15, 0.2) is 24.3 Å². The van der Waals surface area contributed by atoms with E-state index in [1.165, 1.54) is 30.4 Å². The first-order valence-electron chi connectivity index (χ1n) is 9.27. The highest BCUT2D eigenvalue weighted by Gasteiger charge is 2.19. The van der Waals surface area contributed by atoms with Crippen molar-refractivity contribution < 1.29 is 9.53 Å². The minimum Gasteiger partial charge on any atom is -0.376 e. The lowest BCUT2D eigenvalue weighted by atomic mass is 9.90. The molecule has 2 aliphatic rings. The molecule has 1 unspecified atom stereocenters. The van der Waals surface area contributed by atoms with Crippen molar-refractivity contribution in [2.45, 2.75) is 44.6 Å². The van der Waals surface area contributed by atoms with Crippen LogP contribution in [-0.4, -0.2) is 34.9 Å². The summed E-state index contributed by atoms with van der Waals surface area (Å²) < 4.78 is 7.35. The van der Waals surface area contributed by atoms with Gasteiger partial charge in [-0.25, -0.2) is 0 Å². The van der Waals surface area contributed by atoms with Crippen LogP contribution < -0.4 is 5.32 Å². The number of fused-ring (bicyclic) bond motifs is 1. The van der Waals surface area contributed by atoms with Gasteiger partial charge in [0.1, 0.15) is 0 Å². The average molecular weight is 339 g/mol. The second-order valence-corrected chi connectivity index (χ2v) is 7.07. The van der Waals surface area contributed by atoms with Crippen molar-refractivity contribution in [3.63, 3.8) is 0 Å². The van der Waals surface area contributed by atoms with Gasteiger partial charge in [0.05, 0.1) is 11.8 Å². The maximum absolute atomic E-state index is 12.4. The van der Waals surface area contributed by atoms with Crippen LogP contribution in [0.1, 0.15) is 47.3 Å². The smallest absolute Gasteiger partial charge is 0.271 e. The van der Waals surface area contributed by atoms with Crippen LogP contribution in [0.25, 0.3) is 11.3 Å². The summed E-state index contributed by atoms with van der Waals surface area (Å²) in [5.74, 6) is -0.129. The molecule has 1 saturated heterocycles. The van der Waals surface area contributed by atoms with Crippen molar-refractivity contribution in [1.82, 2.24) is 15.1 Å². The van der Waals surface area contributed by atoms with Gasteiger partial charge in [-0.05, 0) is 61.8 Å². The molecule has 1 aromatic heterocycles. The van der Waals surface area contributed by atoms with Gasteiger partial charge >= 0.3 is 0 Å². The van der Waals surface area contributed by atoms with Crippen LogP contribution in [0.4, 0.5) is 0 Å². The Kier molecular flexibility index (Phi) is 4.57. The van der Waals surface area contributed by atoms with Gasteiger partial charge in [0, 0.05) is 25.8 Å². The number of carbonyl (C=O) groups excluding carboxylic acids is 1. The summed E-state index contributed by atoms with van der Waals surface area (Å²) in [5, 5.41) is 7.35. The quantitative estimate of drug-likeness (QED) is 0.932. The van der Waals surface area contributed by atoms with Gasteiger partial charge in [-0.1, -0.05) is 12.1 Å². The van der Waals surface area contributed by atoms with E-state index in [-0.39, 0.29) is 12.0 Å². The van der Waals surface area contributed by atoms with Gasteiger partial charge in [0.15, 0.2) is 5.69 Å². The normalized spacial score (nSPS) is 19.6. The summed E-state index contributed by atoms with van der Waals surface area (Å²) in [6, 6.07) is 8.53. The molecule has 1 N–H and O–H groups in total. The summed E-state index contributed by atoms with van der Waals surface area (Å²) >= 11 is 0. The van der Waals surface area contributed by atoms with Gasteiger partial charge in [0.2, 0.25) is 0 Å². The zero-order valence-corrected chi connectivity index (χ0v) is 14.8. The van der Waals surface area contributed by atoms with Crippen molar-refractivity contribution in [3.05, 3.63) is 41.1 Å². The number of rotatable bonds is 4. The highest BCUT2D eigenvalue weighted by Crippen LogP contribution is 2.27. The van der Waals surface area contributed by atoms with Gasteiger partial charge in [0.25, 0.3) is 5.91 Å². The molecule has 1 fully saturated rings. The monoisotopic (exact) mass is 339 g/mol. The Morgan fingerprint density at radius 2 is 2.08 bits per heavy atom. The molecule has 0 bridgehead atoms. The standard InChI is InChI=1S/C20H25N3O2/c1-23-19(16-9-8-14-5-2-3-6-15(14)11-16)12-18(22-23)20(24)21-13-17-7-4-10-25-17/h8-9,11-12,17H,2-7,10,13H2,1H3,(H,21,24). The number of nitrogens with zero attached hydrogens (tertiary/aromatic N) is 2. The lowest BCUT2D eigenvalue weighted by Gasteiger charge is -2.16. The predicted molar refractivity (Wildman–Crippen MR) is 96.6 cm³/mol. The van der Waals surface area contributed by atoms with E-state index in [0.29, 0.717) is 12.2 Å². The Morgan fingerprint density at radius 3 is 2.88 bits per heavy atom. The molecule has 1 atom stereocenters. The first kappa shape index (κ1) is 16.3. The lowest BCUT2D eigenvalue weighted by molar-refractivity contribution is 0.0853. The molecular formula is C20H25N3O2. The second-order valence-electron chi connectivity index (χ2n) is 7.07. The first-order valence-corrected chi connectivity index (χ1v) is 9.27. The van der Waals surface area contributed by atoms with Crippen molar-refractivity contribution >= 4 is 5.91 Å². The van der Waals surface area contributed by atoms with E-state index < -0.39 is 0 Å². The highest BCUT2D eigenvalue weighted by atomic mass is 16.5. The zero-order valence-electron chi connectivity index (χ0n) is 14.8. The fourth-order valence-corrected chi connectivity index (χ4v) is 3.84. The van der Waals surface area contributed by atoms with Gasteiger partial charge in [-0.3, -0.25) is 9.48 Å². The fraction of sp³-hybridized carbons (Fsp3) is 0.500. The number of hydrogen-bond donors (Lipinski definition) is 1. The van der Waals surface area contributed by atoms with E-state index in [1.807, 2.05) is 13.1 Å². The Hall–Kier alpha value is -2.14. The Labute approximate surface area is 148 Å². The molecule has 0 saturated carbocycles. The van der Waals surface area contributed by atoms with Crippen molar-refractivity contribution in [2.75, 3.05) is 13.2 Å². The molecule has 132 valence electrons. The van der Waals surface area contributed by atoms with Crippen LogP contribution in [-0.2, 0) is 24.6 Å². The molecule has 1 amide bonds. The van der Waals surface area contributed by atoms with Crippen molar-refractivity contribution in [1.29, 1.82) is 0 Å². The van der Waals surface area contributed by atoms with Crippen molar-refractivity contribution in [3.8, 4) is 11.3 Å². The van der Waals surface area contributed by atoms with E-state index in [0.717, 1.165) is 37.1 Å². The third kappa shape index (κ3) is 3.47. The minimum absolute atomic E-state index is 0.129. The van der Waals surface area contributed by atoms with E-state index in [9.17, 15) is 4.79 Å². The van der Waals surface area contributed by atoms with Gasteiger partial charge in [-0.15, -0.1) is 0 Å². The molecule has 5 heteroatoms. The van der Waals surface area contributed by atoms with E-state index in [4.69, 9.17) is 4.74 Å². The lowest BCUT2D eigenvalue weighted by Crippen LogP contribution is -2.32. The summed E-state index contributed by atoms with van der Waals surface area (Å²) in [6.07, 6.45) is 7.11. The number of nitrogens with one attached hydrogen (secondary N) is 1. The Morgan fingerprint density at radius 1 is 1.24 bits per heavy atom. The third-order valence-electron chi connectivity index (χ3n) is 5.27. The average Bonchev–Trinajstić information content (AvgIpc) is 3.29. The summed E-state index contributed by atoms with van der Waals surface area (Å²) in [7, 11) is 1.89. The second kappa shape index (κ2) is 7.00. The molecule has 25 heavy (non-hydrogen) atoms. The van der Waals surface area contributed by atoms with Gasteiger partial charge in [-0.2, -0.15) is 5.10 Å². The number of carbonyl (C=O) groups is 1. The molecule has 0 radical (unpaired) electrons. The molecule has 5 nitrogen and oxygen atoms in total. The summed E-state index contributed by atoms with van der Waals surface area (Å²) in [4.78, 5) is 12.4. The SMILES string of the molecule is Cn1nc(C(=O)NCC2CCCO2)cc1-c1ccc2c(c1)CCCC2. The van der Waals surface area contributed by atoms with Crippen LogP contribution in [0.5, 0.6) is 0 Å². The fourth-order valence-electron chi connectivity index (χ4n) is 3.84. The molecule has 4 rings (SSSR count). The number of ether oxygens (including phenoxy) is 1. The molecule has 2 aromatic rings. The van der Waals surface area contributed by atoms with Gasteiger partial charge < -0.3 is 10.1 Å². The number of aryl methyl sites for hydroxylation is 3. The van der Waals surface area contributed by atoms with Crippen molar-refractivity contribution in [2.24, 2.45) is 7.05 Å². The Balaban J connectivity index is 1.50. The van der Waals surface area contributed by atoms with E-state index in [1.54, 1.807) is 4.68 Å². The maximum atomic E-state index is 12.4. The molecule has 2 heterocycles. The highest BCUT2D eigenvalue weighted by molar-refractivity contribution is 5.93. The number of aromatic nitrogens is 2. The van der Waals surface area contributed by atoms with E-state index >= 15 is 0 Å². The van der Waals surface area contributed by atoms with E-state index in [2.05, 4.69) is 28.6 Å². The largest absolute Gasteiger partial charge is 0.376 e.